The minimum atomic E-state index is -0.624. The molecule has 0 spiro atoms. The van der Waals surface area contributed by atoms with Crippen LogP contribution in [0.3, 0.4) is 0 Å². The molecule has 3 heterocycles. The molecule has 148 valence electrons. The monoisotopic (exact) mass is 400 g/mol. The molecular weight excluding hydrogens is 383 g/mol. The van der Waals surface area contributed by atoms with E-state index < -0.39 is 17.6 Å². The summed E-state index contributed by atoms with van der Waals surface area (Å²) in [4.78, 5) is 31.6. The molecule has 1 aliphatic rings. The van der Waals surface area contributed by atoms with Gasteiger partial charge in [0.2, 0.25) is 0 Å². The minimum Gasteiger partial charge on any atom is -0.268 e. The fourth-order valence-corrected chi connectivity index (χ4v) is 3.94. The molecule has 0 fully saturated rings. The Morgan fingerprint density at radius 3 is 2.43 bits per heavy atom. The van der Waals surface area contributed by atoms with Gasteiger partial charge in [-0.15, -0.1) is 0 Å². The third kappa shape index (κ3) is 2.41. The average Bonchev–Trinajstić information content (AvgIpc) is 3.17. The zero-order valence-corrected chi connectivity index (χ0v) is 16.6. The van der Waals surface area contributed by atoms with Crippen molar-refractivity contribution in [1.82, 2.24) is 14.8 Å². The zero-order valence-electron chi connectivity index (χ0n) is 16.6. The normalized spacial score (nSPS) is 13.4. The van der Waals surface area contributed by atoms with Crippen molar-refractivity contribution in [3.05, 3.63) is 82.4 Å². The van der Waals surface area contributed by atoms with Crippen LogP contribution in [0.25, 0.3) is 16.7 Å². The van der Waals surface area contributed by atoms with Crippen LogP contribution in [-0.4, -0.2) is 26.6 Å². The molecule has 0 saturated heterocycles. The van der Waals surface area contributed by atoms with Gasteiger partial charge in [0.25, 0.3) is 11.8 Å². The molecule has 5 rings (SSSR count). The summed E-state index contributed by atoms with van der Waals surface area (Å²) in [6.07, 6.45) is 1.37. The number of fused-ring (bicyclic) bond motifs is 3. The highest BCUT2D eigenvalue weighted by molar-refractivity contribution is 6.37. The third-order valence-corrected chi connectivity index (χ3v) is 5.41. The van der Waals surface area contributed by atoms with Crippen LogP contribution in [0.5, 0.6) is 0 Å². The summed E-state index contributed by atoms with van der Waals surface area (Å²) in [6.45, 7) is 5.47. The number of halogens is 1. The molecule has 1 aliphatic heterocycles. The first-order chi connectivity index (χ1) is 14.4. The van der Waals surface area contributed by atoms with Gasteiger partial charge < -0.3 is 0 Å². The maximum absolute atomic E-state index is 14.6. The van der Waals surface area contributed by atoms with Gasteiger partial charge in [0.1, 0.15) is 5.82 Å². The van der Waals surface area contributed by atoms with Crippen LogP contribution in [-0.2, 0) is 0 Å². The molecule has 4 aromatic rings. The number of carbonyl (C=O) groups excluding carboxylic acids is 2. The zero-order chi connectivity index (χ0) is 21.2. The maximum Gasteiger partial charge on any atom is 0.267 e. The Morgan fingerprint density at radius 1 is 0.933 bits per heavy atom. The summed E-state index contributed by atoms with van der Waals surface area (Å²) in [5.41, 5.74) is 3.88. The number of amides is 2. The topological polar surface area (TPSA) is 68.1 Å². The van der Waals surface area contributed by atoms with Crippen molar-refractivity contribution in [2.75, 3.05) is 4.90 Å². The van der Waals surface area contributed by atoms with Gasteiger partial charge in [-0.1, -0.05) is 24.3 Å². The summed E-state index contributed by atoms with van der Waals surface area (Å²) < 4.78 is 16.2. The summed E-state index contributed by atoms with van der Waals surface area (Å²) in [5, 5.41) is 5.09. The lowest BCUT2D eigenvalue weighted by molar-refractivity contribution is 0.0925. The average molecular weight is 400 g/mol. The van der Waals surface area contributed by atoms with Crippen LogP contribution in [0.4, 0.5) is 10.1 Å². The maximum atomic E-state index is 14.6. The van der Waals surface area contributed by atoms with Gasteiger partial charge in [-0.25, -0.2) is 19.0 Å². The van der Waals surface area contributed by atoms with Crippen LogP contribution in [0.1, 0.15) is 37.5 Å². The quantitative estimate of drug-likeness (QED) is 0.471. The Kier molecular flexibility index (Phi) is 3.83. The molecule has 7 heteroatoms. The Hall–Kier alpha value is -3.87. The number of anilines is 1. The summed E-state index contributed by atoms with van der Waals surface area (Å²) >= 11 is 0. The van der Waals surface area contributed by atoms with Gasteiger partial charge in [0, 0.05) is 6.20 Å². The summed E-state index contributed by atoms with van der Waals surface area (Å²) in [5.74, 6) is -1.78. The van der Waals surface area contributed by atoms with Gasteiger partial charge >= 0.3 is 0 Å². The summed E-state index contributed by atoms with van der Waals surface area (Å²) in [7, 11) is 0. The Balaban J connectivity index is 1.74. The van der Waals surface area contributed by atoms with Crippen molar-refractivity contribution in [2.24, 2.45) is 0 Å². The van der Waals surface area contributed by atoms with Gasteiger partial charge in [-0.05, 0) is 50.1 Å². The first-order valence-electron chi connectivity index (χ1n) is 9.47. The SMILES string of the molecule is Cc1ccc(N2C(=O)c3cnc4c(c(C)nn4-c4ccccc4C)c3C2=O)c(F)c1. The molecule has 0 bridgehead atoms. The molecule has 0 radical (unpaired) electrons. The predicted octanol–water partition coefficient (Wildman–Crippen LogP) is 4.29. The largest absolute Gasteiger partial charge is 0.268 e. The van der Waals surface area contributed by atoms with E-state index in [1.165, 1.54) is 18.3 Å². The van der Waals surface area contributed by atoms with E-state index in [1.54, 1.807) is 24.6 Å². The van der Waals surface area contributed by atoms with E-state index in [0.717, 1.165) is 16.2 Å². The van der Waals surface area contributed by atoms with E-state index in [2.05, 4.69) is 10.1 Å². The van der Waals surface area contributed by atoms with E-state index in [0.29, 0.717) is 22.3 Å². The second-order valence-electron chi connectivity index (χ2n) is 7.43. The molecule has 0 atom stereocenters. The van der Waals surface area contributed by atoms with Gasteiger partial charge in [-0.2, -0.15) is 5.10 Å². The van der Waals surface area contributed by atoms with Crippen molar-refractivity contribution in [3.8, 4) is 5.69 Å². The highest BCUT2D eigenvalue weighted by Gasteiger charge is 2.41. The van der Waals surface area contributed by atoms with E-state index in [1.807, 2.05) is 31.2 Å². The number of hydrogen-bond acceptors (Lipinski definition) is 4. The molecule has 0 aliphatic carbocycles. The number of carbonyl (C=O) groups is 2. The van der Waals surface area contributed by atoms with Crippen LogP contribution < -0.4 is 4.90 Å². The first kappa shape index (κ1) is 18.2. The lowest BCUT2D eigenvalue weighted by Crippen LogP contribution is -2.30. The van der Waals surface area contributed by atoms with E-state index in [4.69, 9.17) is 0 Å². The lowest BCUT2D eigenvalue weighted by atomic mass is 10.1. The second kappa shape index (κ2) is 6.32. The molecule has 0 N–H and O–H groups in total. The number of nitrogens with zero attached hydrogens (tertiary/aromatic N) is 4. The number of aryl methyl sites for hydroxylation is 3. The van der Waals surface area contributed by atoms with Crippen LogP contribution in [0, 0.1) is 26.6 Å². The number of hydrogen-bond donors (Lipinski definition) is 0. The van der Waals surface area contributed by atoms with Gasteiger partial charge in [0.05, 0.1) is 33.6 Å². The third-order valence-electron chi connectivity index (χ3n) is 5.41. The van der Waals surface area contributed by atoms with Crippen molar-refractivity contribution < 1.29 is 14.0 Å². The van der Waals surface area contributed by atoms with Crippen molar-refractivity contribution >= 4 is 28.5 Å². The number of aromatic nitrogens is 3. The summed E-state index contributed by atoms with van der Waals surface area (Å²) in [6, 6.07) is 12.1. The number of benzene rings is 2. The van der Waals surface area contributed by atoms with Crippen molar-refractivity contribution in [3.63, 3.8) is 0 Å². The Bertz CT molecular complexity index is 1390. The Morgan fingerprint density at radius 2 is 1.70 bits per heavy atom. The van der Waals surface area contributed by atoms with Crippen LogP contribution in [0.2, 0.25) is 0 Å². The minimum absolute atomic E-state index is 0.0658. The van der Waals surface area contributed by atoms with Crippen molar-refractivity contribution in [1.29, 1.82) is 0 Å². The van der Waals surface area contributed by atoms with Gasteiger partial charge in [-0.3, -0.25) is 9.59 Å². The molecule has 2 aromatic carbocycles. The lowest BCUT2D eigenvalue weighted by Gasteiger charge is -2.15. The van der Waals surface area contributed by atoms with Crippen LogP contribution in [0.15, 0.2) is 48.7 Å². The molecule has 0 saturated carbocycles. The van der Waals surface area contributed by atoms with E-state index >= 15 is 0 Å². The fraction of sp³-hybridized carbons (Fsp3) is 0.130. The molecule has 2 aromatic heterocycles. The first-order valence-corrected chi connectivity index (χ1v) is 9.47. The highest BCUT2D eigenvalue weighted by Crippen LogP contribution is 2.35. The second-order valence-corrected chi connectivity index (χ2v) is 7.43. The van der Waals surface area contributed by atoms with Gasteiger partial charge in [0.15, 0.2) is 5.65 Å². The Labute approximate surface area is 171 Å². The molecule has 0 unspecified atom stereocenters. The number of rotatable bonds is 2. The smallest absolute Gasteiger partial charge is 0.267 e. The van der Waals surface area contributed by atoms with E-state index in [-0.39, 0.29) is 16.8 Å². The number of pyridine rings is 1. The van der Waals surface area contributed by atoms with Crippen molar-refractivity contribution in [2.45, 2.75) is 20.8 Å². The highest BCUT2D eigenvalue weighted by atomic mass is 19.1. The molecule has 2 amide bonds. The standard InChI is InChI=1S/C23H17FN4O2/c1-12-8-9-18(16(24)10-12)27-22(29)15-11-25-21-19(20(15)23(27)30)14(3)26-28(21)17-7-5-4-6-13(17)2/h4-11H,1-3H3. The molecule has 6 nitrogen and oxygen atoms in total. The number of para-hydroxylation sites is 1. The van der Waals surface area contributed by atoms with Crippen LogP contribution >= 0.6 is 0 Å². The predicted molar refractivity (Wildman–Crippen MR) is 111 cm³/mol. The number of imide groups is 1. The van der Waals surface area contributed by atoms with E-state index in [9.17, 15) is 14.0 Å². The molecule has 30 heavy (non-hydrogen) atoms. The molecular formula is C23H17FN4O2. The fourth-order valence-electron chi connectivity index (χ4n) is 3.94.